The second-order valence-corrected chi connectivity index (χ2v) is 5.50. The molecule has 1 rings (SSSR count). The summed E-state index contributed by atoms with van der Waals surface area (Å²) in [6, 6.07) is 0. The molecule has 1 aliphatic heterocycles. The van der Waals surface area contributed by atoms with Gasteiger partial charge in [0.2, 0.25) is 0 Å². The molecule has 1 N–H and O–H groups in total. The van der Waals surface area contributed by atoms with Crippen LogP contribution in [0.4, 0.5) is 8.78 Å². The first kappa shape index (κ1) is 10.8. The van der Waals surface area contributed by atoms with Crippen molar-refractivity contribution in [1.82, 2.24) is 5.32 Å². The zero-order valence-corrected chi connectivity index (χ0v) is 7.99. The Hall–Kier alpha value is -0.230. The lowest BCUT2D eigenvalue weighted by atomic mass is 10.2. The van der Waals surface area contributed by atoms with E-state index in [0.29, 0.717) is 25.9 Å². The summed E-state index contributed by atoms with van der Waals surface area (Å²) < 4.78 is 46.4. The van der Waals surface area contributed by atoms with Crippen molar-refractivity contribution in [2.75, 3.05) is 18.8 Å². The molecule has 1 heterocycles. The van der Waals surface area contributed by atoms with Crippen LogP contribution >= 0.6 is 0 Å². The van der Waals surface area contributed by atoms with Crippen LogP contribution in [0.5, 0.6) is 0 Å². The first-order valence-corrected chi connectivity index (χ1v) is 5.94. The van der Waals surface area contributed by atoms with Crippen molar-refractivity contribution in [3.05, 3.63) is 0 Å². The smallest absolute Gasteiger partial charge is 0.252 e. The fourth-order valence-electron chi connectivity index (χ4n) is 1.47. The van der Waals surface area contributed by atoms with E-state index in [2.05, 4.69) is 5.32 Å². The molecular weight excluding hydrogens is 200 g/mol. The zero-order valence-electron chi connectivity index (χ0n) is 7.17. The van der Waals surface area contributed by atoms with Crippen molar-refractivity contribution in [3.63, 3.8) is 0 Å². The summed E-state index contributed by atoms with van der Waals surface area (Å²) in [5.74, 6) is -0.988. The summed E-state index contributed by atoms with van der Waals surface area (Å²) in [7, 11) is -3.57. The molecule has 0 bridgehead atoms. The van der Waals surface area contributed by atoms with E-state index in [1.54, 1.807) is 0 Å². The maximum atomic E-state index is 11.9. The highest BCUT2D eigenvalue weighted by Crippen LogP contribution is 2.15. The Morgan fingerprint density at radius 2 is 1.85 bits per heavy atom. The molecule has 0 radical (unpaired) electrons. The molecule has 3 nitrogen and oxygen atoms in total. The summed E-state index contributed by atoms with van der Waals surface area (Å²) >= 11 is 0. The Bertz CT molecular complexity index is 247. The molecule has 78 valence electrons. The molecular formula is C7H13F2NO2S. The molecule has 0 unspecified atom stereocenters. The summed E-state index contributed by atoms with van der Waals surface area (Å²) in [6.07, 6.45) is -1.84. The fraction of sp³-hybridized carbons (Fsp3) is 1.00. The van der Waals surface area contributed by atoms with Crippen LogP contribution in [0.15, 0.2) is 0 Å². The maximum Gasteiger partial charge on any atom is 0.252 e. The molecule has 0 amide bonds. The monoisotopic (exact) mass is 213 g/mol. The van der Waals surface area contributed by atoms with E-state index in [-0.39, 0.29) is 0 Å². The van der Waals surface area contributed by atoms with Gasteiger partial charge in [0.1, 0.15) is 5.75 Å². The van der Waals surface area contributed by atoms with Crippen molar-refractivity contribution < 1.29 is 17.2 Å². The second-order valence-electron chi connectivity index (χ2n) is 3.17. The molecule has 0 spiro atoms. The third kappa shape index (κ3) is 3.19. The van der Waals surface area contributed by atoms with Gasteiger partial charge in [-0.1, -0.05) is 0 Å². The van der Waals surface area contributed by atoms with E-state index in [1.807, 2.05) is 0 Å². The number of halogens is 2. The average molecular weight is 213 g/mol. The van der Waals surface area contributed by atoms with Gasteiger partial charge in [-0.2, -0.15) is 0 Å². The van der Waals surface area contributed by atoms with E-state index in [0.717, 1.165) is 0 Å². The number of nitrogens with one attached hydrogen (secondary N) is 1. The molecule has 0 aromatic carbocycles. The second kappa shape index (κ2) is 4.32. The largest absolute Gasteiger partial charge is 0.317 e. The minimum atomic E-state index is -3.57. The minimum absolute atomic E-state index is 0.453. The lowest BCUT2D eigenvalue weighted by Crippen LogP contribution is -2.37. The highest BCUT2D eigenvalue weighted by atomic mass is 32.2. The Labute approximate surface area is 76.4 Å². The van der Waals surface area contributed by atoms with Crippen LogP contribution in [0.25, 0.3) is 0 Å². The van der Waals surface area contributed by atoms with Crippen molar-refractivity contribution in [3.8, 4) is 0 Å². The van der Waals surface area contributed by atoms with Gasteiger partial charge in [0.05, 0.1) is 5.25 Å². The third-order valence-electron chi connectivity index (χ3n) is 2.15. The van der Waals surface area contributed by atoms with E-state index >= 15 is 0 Å². The number of piperidine rings is 1. The van der Waals surface area contributed by atoms with Crippen molar-refractivity contribution in [2.45, 2.75) is 24.5 Å². The molecule has 6 heteroatoms. The van der Waals surface area contributed by atoms with Gasteiger partial charge in [-0.25, -0.2) is 17.2 Å². The first-order chi connectivity index (χ1) is 6.02. The van der Waals surface area contributed by atoms with Crippen molar-refractivity contribution in [2.24, 2.45) is 0 Å². The number of hydrogen-bond donors (Lipinski definition) is 1. The van der Waals surface area contributed by atoms with E-state index in [9.17, 15) is 17.2 Å². The Morgan fingerprint density at radius 3 is 2.31 bits per heavy atom. The summed E-state index contributed by atoms with van der Waals surface area (Å²) in [4.78, 5) is 0. The molecule has 0 aliphatic carbocycles. The Morgan fingerprint density at radius 1 is 1.31 bits per heavy atom. The van der Waals surface area contributed by atoms with E-state index < -0.39 is 27.3 Å². The van der Waals surface area contributed by atoms with Crippen molar-refractivity contribution in [1.29, 1.82) is 0 Å². The standard InChI is InChI=1S/C7H13F2NO2S/c8-7(9)5-13(11,12)6-1-3-10-4-2-6/h6-7,10H,1-5H2. The van der Waals surface area contributed by atoms with Crippen molar-refractivity contribution >= 4 is 9.84 Å². The van der Waals surface area contributed by atoms with Crippen LogP contribution in [0.2, 0.25) is 0 Å². The van der Waals surface area contributed by atoms with Gasteiger partial charge in [0, 0.05) is 0 Å². The van der Waals surface area contributed by atoms with Gasteiger partial charge >= 0.3 is 0 Å². The number of sulfone groups is 1. The van der Waals surface area contributed by atoms with Gasteiger partial charge in [-0.05, 0) is 25.9 Å². The SMILES string of the molecule is O=S(=O)(CC(F)F)C1CCNCC1. The maximum absolute atomic E-state index is 11.9. The third-order valence-corrected chi connectivity index (χ3v) is 4.36. The predicted octanol–water partition coefficient (Wildman–Crippen LogP) is 0.418. The van der Waals surface area contributed by atoms with Gasteiger partial charge < -0.3 is 5.32 Å². The molecule has 0 aromatic rings. The van der Waals surface area contributed by atoms with Gasteiger partial charge in [0.15, 0.2) is 9.84 Å². The number of rotatable bonds is 3. The van der Waals surface area contributed by atoms with E-state index in [1.165, 1.54) is 0 Å². The van der Waals surface area contributed by atoms with Crippen LogP contribution in [0.1, 0.15) is 12.8 Å². The molecule has 0 aromatic heterocycles. The quantitative estimate of drug-likeness (QED) is 0.739. The van der Waals surface area contributed by atoms with E-state index in [4.69, 9.17) is 0 Å². The minimum Gasteiger partial charge on any atom is -0.317 e. The van der Waals surface area contributed by atoms with Gasteiger partial charge in [-0.3, -0.25) is 0 Å². The van der Waals surface area contributed by atoms with Crippen LogP contribution in [0, 0.1) is 0 Å². The van der Waals surface area contributed by atoms with Gasteiger partial charge in [-0.15, -0.1) is 0 Å². The average Bonchev–Trinajstić information content (AvgIpc) is 2.04. The first-order valence-electron chi connectivity index (χ1n) is 4.23. The Balaban J connectivity index is 2.57. The zero-order chi connectivity index (χ0) is 9.90. The predicted molar refractivity (Wildman–Crippen MR) is 45.7 cm³/mol. The fourth-order valence-corrected chi connectivity index (χ4v) is 3.04. The lowest BCUT2D eigenvalue weighted by Gasteiger charge is -2.22. The molecule has 1 aliphatic rings. The highest BCUT2D eigenvalue weighted by Gasteiger charge is 2.29. The highest BCUT2D eigenvalue weighted by molar-refractivity contribution is 7.92. The lowest BCUT2D eigenvalue weighted by molar-refractivity contribution is 0.174. The topological polar surface area (TPSA) is 46.2 Å². The van der Waals surface area contributed by atoms with Crippen LogP contribution in [0.3, 0.4) is 0 Å². The molecule has 1 saturated heterocycles. The molecule has 13 heavy (non-hydrogen) atoms. The number of hydrogen-bond acceptors (Lipinski definition) is 3. The Kier molecular flexibility index (Phi) is 3.61. The molecule has 0 saturated carbocycles. The van der Waals surface area contributed by atoms with Crippen LogP contribution < -0.4 is 5.32 Å². The normalized spacial score (nSPS) is 20.8. The van der Waals surface area contributed by atoms with Gasteiger partial charge in [0.25, 0.3) is 6.43 Å². The van der Waals surface area contributed by atoms with Crippen LogP contribution in [-0.2, 0) is 9.84 Å². The molecule has 0 atom stereocenters. The summed E-state index contributed by atoms with van der Waals surface area (Å²) in [6.45, 7) is 1.21. The summed E-state index contributed by atoms with van der Waals surface area (Å²) in [5.41, 5.74) is 0. The number of alkyl halides is 2. The summed E-state index contributed by atoms with van der Waals surface area (Å²) in [5, 5.41) is 2.42. The molecule has 1 fully saturated rings. The van der Waals surface area contributed by atoms with Crippen LogP contribution in [-0.4, -0.2) is 38.9 Å².